The molecule has 16 heteroatoms. The Morgan fingerprint density at radius 1 is 0.980 bits per heavy atom. The van der Waals surface area contributed by atoms with Crippen molar-refractivity contribution in [2.45, 2.75) is 95.2 Å². The third-order valence-corrected chi connectivity index (χ3v) is 9.78. The molecule has 4 unspecified atom stereocenters. The summed E-state index contributed by atoms with van der Waals surface area (Å²) >= 11 is 17.8. The normalized spacial score (nSPS) is 31.0. The van der Waals surface area contributed by atoms with Crippen molar-refractivity contribution in [3.05, 3.63) is 35.9 Å². The zero-order chi connectivity index (χ0) is 37.6. The fourth-order valence-electron chi connectivity index (χ4n) is 6.25. The lowest BCUT2D eigenvalue weighted by Crippen LogP contribution is -2.62. The molecule has 2 aliphatic heterocycles. The van der Waals surface area contributed by atoms with E-state index >= 15 is 0 Å². The van der Waals surface area contributed by atoms with Crippen molar-refractivity contribution in [1.82, 2.24) is 0 Å². The Balaban J connectivity index is 1.99. The Morgan fingerprint density at radius 2 is 1.62 bits per heavy atom. The van der Waals surface area contributed by atoms with Crippen LogP contribution in [0.1, 0.15) is 65.2 Å². The molecule has 0 spiro atoms. The van der Waals surface area contributed by atoms with E-state index in [9.17, 15) is 19.2 Å². The van der Waals surface area contributed by atoms with Gasteiger partial charge < -0.3 is 37.9 Å². The molecular formula is C34H46Cl3NO12. The molecule has 11 atom stereocenters. The first-order valence-electron chi connectivity index (χ1n) is 16.3. The van der Waals surface area contributed by atoms with Crippen LogP contribution in [0.2, 0.25) is 0 Å². The molecule has 0 amide bonds. The van der Waals surface area contributed by atoms with E-state index in [2.05, 4.69) is 0 Å². The molecule has 0 bridgehead atoms. The van der Waals surface area contributed by atoms with Crippen molar-refractivity contribution >= 4 is 64.6 Å². The number of carbonyl (C=O) groups excluding carboxylic acids is 4. The number of hydrogen-bond donors (Lipinski definition) is 1. The van der Waals surface area contributed by atoms with Gasteiger partial charge in [-0.25, -0.2) is 9.59 Å². The molecule has 2 heterocycles. The Bertz CT molecular complexity index is 1360. The van der Waals surface area contributed by atoms with Gasteiger partial charge in [-0.1, -0.05) is 87.6 Å². The molecule has 2 fully saturated rings. The number of esters is 4. The van der Waals surface area contributed by atoms with Gasteiger partial charge >= 0.3 is 23.9 Å². The molecule has 0 saturated carbocycles. The Kier molecular flexibility index (Phi) is 14.8. The summed E-state index contributed by atoms with van der Waals surface area (Å²) in [6.07, 6.45) is -4.61. The molecule has 0 aliphatic carbocycles. The molecule has 3 rings (SSSR count). The second kappa shape index (κ2) is 17.7. The van der Waals surface area contributed by atoms with Crippen LogP contribution in [0, 0.1) is 35.0 Å². The van der Waals surface area contributed by atoms with Crippen molar-refractivity contribution in [2.75, 3.05) is 20.3 Å². The van der Waals surface area contributed by atoms with E-state index in [-0.39, 0.29) is 31.5 Å². The van der Waals surface area contributed by atoms with E-state index in [1.165, 1.54) is 21.0 Å². The molecule has 280 valence electrons. The molecule has 1 N–H and O–H groups in total. The summed E-state index contributed by atoms with van der Waals surface area (Å²) < 4.78 is 44.5. The topological polar surface area (TPSA) is 166 Å². The summed E-state index contributed by atoms with van der Waals surface area (Å²) in [7, 11) is 1.21. The predicted octanol–water partition coefficient (Wildman–Crippen LogP) is 5.65. The summed E-state index contributed by atoms with van der Waals surface area (Å²) in [5.74, 6) is -7.50. The van der Waals surface area contributed by atoms with Crippen LogP contribution in [0.4, 0.5) is 0 Å². The van der Waals surface area contributed by atoms with Gasteiger partial charge in [-0.05, 0) is 24.0 Å². The lowest BCUT2D eigenvalue weighted by Gasteiger charge is -2.51. The van der Waals surface area contributed by atoms with Gasteiger partial charge in [0.15, 0.2) is 0 Å². The number of nitrogens with one attached hydrogen (secondary N) is 1. The van der Waals surface area contributed by atoms with Crippen molar-refractivity contribution in [2.24, 2.45) is 29.6 Å². The van der Waals surface area contributed by atoms with Crippen LogP contribution >= 0.6 is 34.8 Å². The molecule has 2 aliphatic rings. The van der Waals surface area contributed by atoms with Crippen LogP contribution in [-0.2, 0) is 52.3 Å². The van der Waals surface area contributed by atoms with Crippen molar-refractivity contribution < 1.29 is 57.1 Å². The van der Waals surface area contributed by atoms with E-state index in [1.807, 2.05) is 13.8 Å². The number of methoxy groups -OCH3 is 1. The number of alkyl halides is 3. The largest absolute Gasteiger partial charge is 0.465 e. The number of carbonyl (C=O) groups is 4. The lowest BCUT2D eigenvalue weighted by molar-refractivity contribution is -0.349. The molecule has 2 saturated heterocycles. The number of halogens is 3. The van der Waals surface area contributed by atoms with Crippen LogP contribution in [0.15, 0.2) is 30.3 Å². The van der Waals surface area contributed by atoms with Gasteiger partial charge in [-0.3, -0.25) is 15.0 Å². The van der Waals surface area contributed by atoms with Crippen molar-refractivity contribution in [1.29, 1.82) is 5.41 Å². The zero-order valence-corrected chi connectivity index (χ0v) is 31.6. The quantitative estimate of drug-likeness (QED) is 0.0915. The number of hydrogen-bond acceptors (Lipinski definition) is 13. The van der Waals surface area contributed by atoms with E-state index in [4.69, 9.17) is 78.1 Å². The molecule has 1 aromatic carbocycles. The van der Waals surface area contributed by atoms with E-state index in [0.29, 0.717) is 5.56 Å². The van der Waals surface area contributed by atoms with Crippen LogP contribution in [0.3, 0.4) is 0 Å². The second-order valence-electron chi connectivity index (χ2n) is 12.9. The van der Waals surface area contributed by atoms with Crippen molar-refractivity contribution in [3.63, 3.8) is 0 Å². The smallest absolute Gasteiger partial charge is 0.366 e. The highest BCUT2D eigenvalue weighted by molar-refractivity contribution is 6.76. The average Bonchev–Trinajstić information content (AvgIpc) is 3.05. The van der Waals surface area contributed by atoms with Gasteiger partial charge in [0.05, 0.1) is 24.9 Å². The molecule has 13 nitrogen and oxygen atoms in total. The molecule has 0 radical (unpaired) electrons. The first-order valence-corrected chi connectivity index (χ1v) is 17.4. The van der Waals surface area contributed by atoms with E-state index in [1.54, 1.807) is 51.1 Å². The first kappa shape index (κ1) is 41.7. The molecule has 50 heavy (non-hydrogen) atoms. The highest BCUT2D eigenvalue weighted by Gasteiger charge is 2.57. The monoisotopic (exact) mass is 765 g/mol. The van der Waals surface area contributed by atoms with Crippen molar-refractivity contribution in [3.8, 4) is 0 Å². The Hall–Kier alpha value is -2.68. The van der Waals surface area contributed by atoms with Gasteiger partial charge in [0.25, 0.3) is 9.58 Å². The first-order chi connectivity index (χ1) is 23.3. The van der Waals surface area contributed by atoms with Crippen LogP contribution < -0.4 is 0 Å². The maximum Gasteiger partial charge on any atom is 0.366 e. The molecule has 0 aromatic heterocycles. The number of rotatable bonds is 12. The maximum atomic E-state index is 13.8. The standard InChI is InChI=1S/C34H46Cl3NO12/c1-17-14-33(32(42)43-8,49-27(18(17)2)19(3)25(46-23(7)40)15-44-22(6)39)50-28-20(4)26(16-45-29(41)24-12-10-9-11-13-24)47-30(21(28)5)48-31(38)34(35,36)37/h9-13,17-21,25-28,30,38H,14-16H2,1-8H3/t17?,18-,19+,20-,21?,25+,26?,27+,28-,30?,33-/m0/s1. The summed E-state index contributed by atoms with van der Waals surface area (Å²) in [4.78, 5) is 50.3. The number of ether oxygens (including phenoxy) is 8. The minimum atomic E-state index is -2.21. The Morgan fingerprint density at radius 3 is 2.18 bits per heavy atom. The van der Waals surface area contributed by atoms with Gasteiger partial charge in [-0.2, -0.15) is 0 Å². The van der Waals surface area contributed by atoms with E-state index in [0.717, 1.165) is 0 Å². The van der Waals surface area contributed by atoms with Gasteiger partial charge in [-0.15, -0.1) is 0 Å². The third kappa shape index (κ3) is 10.4. The maximum absolute atomic E-state index is 13.8. The summed E-state index contributed by atoms with van der Waals surface area (Å²) in [5, 5.41) is 8.20. The molecule has 1 aromatic rings. The van der Waals surface area contributed by atoms with Crippen LogP contribution in [0.25, 0.3) is 0 Å². The van der Waals surface area contributed by atoms with Gasteiger partial charge in [0.1, 0.15) is 25.4 Å². The highest BCUT2D eigenvalue weighted by atomic mass is 35.6. The van der Waals surface area contributed by atoms with Gasteiger partial charge in [0.2, 0.25) is 12.2 Å². The van der Waals surface area contributed by atoms with E-state index < -0.39 is 87.8 Å². The number of benzene rings is 1. The summed E-state index contributed by atoms with van der Waals surface area (Å²) in [5.41, 5.74) is 0.326. The summed E-state index contributed by atoms with van der Waals surface area (Å²) in [6.45, 7) is 11.1. The summed E-state index contributed by atoms with van der Waals surface area (Å²) in [6, 6.07) is 8.38. The predicted molar refractivity (Wildman–Crippen MR) is 182 cm³/mol. The minimum absolute atomic E-state index is 0.0756. The third-order valence-electron chi connectivity index (χ3n) is 9.27. The molecular weight excluding hydrogens is 721 g/mol. The average molecular weight is 767 g/mol. The fourth-order valence-corrected chi connectivity index (χ4v) is 6.38. The second-order valence-corrected chi connectivity index (χ2v) is 15.2. The van der Waals surface area contributed by atoms with Crippen LogP contribution in [-0.4, -0.2) is 90.4 Å². The van der Waals surface area contributed by atoms with Crippen LogP contribution in [0.5, 0.6) is 0 Å². The Labute approximate surface area is 307 Å². The minimum Gasteiger partial charge on any atom is -0.465 e. The fraction of sp³-hybridized carbons (Fsp3) is 0.676. The zero-order valence-electron chi connectivity index (χ0n) is 29.3. The van der Waals surface area contributed by atoms with Gasteiger partial charge in [0, 0.05) is 38.0 Å². The SMILES string of the molecule is COC(=O)[C@@]1(O[C@@H]2C(C)C(OC(=N)C(Cl)(Cl)Cl)OC(COC(=O)c3ccccc3)[C@@H]2C)CC(C)[C@H](C)[C@H]([C@H](C)[C@@H](COC(C)=O)OC(C)=O)O1. The highest BCUT2D eigenvalue weighted by Crippen LogP contribution is 2.45. The lowest BCUT2D eigenvalue weighted by atomic mass is 9.76.